The number of furan rings is 1. The van der Waals surface area contributed by atoms with Crippen LogP contribution in [0.3, 0.4) is 0 Å². The maximum atomic E-state index is 14.5. The van der Waals surface area contributed by atoms with Crippen molar-refractivity contribution in [2.75, 3.05) is 18.9 Å². The van der Waals surface area contributed by atoms with Gasteiger partial charge >= 0.3 is 0 Å². The van der Waals surface area contributed by atoms with Gasteiger partial charge in [0.05, 0.1) is 14.2 Å². The van der Waals surface area contributed by atoms with Crippen LogP contribution in [-0.2, 0) is 10.0 Å². The highest BCUT2D eigenvalue weighted by Crippen LogP contribution is 2.38. The number of ether oxygens (including phenoxy) is 2. The van der Waals surface area contributed by atoms with E-state index < -0.39 is 27.2 Å². The number of rotatable bonds is 9. The van der Waals surface area contributed by atoms with Gasteiger partial charge in [0.25, 0.3) is 0 Å². The number of aliphatic hydroxyl groups is 1. The lowest BCUT2D eigenvalue weighted by molar-refractivity contribution is 0.171. The van der Waals surface area contributed by atoms with Crippen molar-refractivity contribution in [3.05, 3.63) is 70.1 Å². The lowest BCUT2D eigenvalue weighted by Crippen LogP contribution is -2.32. The van der Waals surface area contributed by atoms with Gasteiger partial charge in [0, 0.05) is 10.0 Å². The van der Waals surface area contributed by atoms with Crippen LogP contribution in [0.1, 0.15) is 24.4 Å². The summed E-state index contributed by atoms with van der Waals surface area (Å²) >= 11 is 3.14. The Balaban J connectivity index is 1.82. The molecule has 0 saturated carbocycles. The lowest BCUT2D eigenvalue weighted by atomic mass is 10.1. The maximum absolute atomic E-state index is 14.5. The van der Waals surface area contributed by atoms with E-state index in [0.29, 0.717) is 33.2 Å². The molecule has 4 aromatic rings. The van der Waals surface area contributed by atoms with Crippen LogP contribution in [0.15, 0.2) is 57.4 Å². The van der Waals surface area contributed by atoms with E-state index in [1.165, 1.54) is 37.8 Å². The molecule has 2 atom stereocenters. The monoisotopic (exact) mass is 594 g/mol. The molecule has 2 N–H and O–H groups in total. The Morgan fingerprint density at radius 2 is 1.78 bits per heavy atom. The normalized spacial score (nSPS) is 13.3. The minimum atomic E-state index is -4.33. The first-order chi connectivity index (χ1) is 17.6. The number of hydrogen-bond acceptors (Lipinski definition) is 8. The lowest BCUT2D eigenvalue weighted by Gasteiger charge is -2.22. The molecule has 13 heteroatoms. The molecule has 37 heavy (non-hydrogen) atoms. The van der Waals surface area contributed by atoms with Gasteiger partial charge in [-0.3, -0.25) is 9.29 Å². The van der Waals surface area contributed by atoms with Gasteiger partial charge in [-0.05, 0) is 50.2 Å². The summed E-state index contributed by atoms with van der Waals surface area (Å²) in [6.07, 6.45) is -1.67. The number of para-hydroxylation sites is 1. The van der Waals surface area contributed by atoms with Crippen molar-refractivity contribution < 1.29 is 31.8 Å². The molecule has 0 amide bonds. The second-order valence-corrected chi connectivity index (χ2v) is 11.0. The van der Waals surface area contributed by atoms with E-state index in [2.05, 4.69) is 30.8 Å². The van der Waals surface area contributed by atoms with Crippen LogP contribution < -0.4 is 14.2 Å². The van der Waals surface area contributed by atoms with Gasteiger partial charge in [-0.25, -0.2) is 12.8 Å². The molecule has 2 aromatic carbocycles. The Bertz CT molecular complexity index is 1520. The number of sulfonamides is 1. The van der Waals surface area contributed by atoms with Crippen LogP contribution in [0.5, 0.6) is 11.5 Å². The minimum Gasteiger partial charge on any atom is -0.494 e. The fourth-order valence-corrected chi connectivity index (χ4v) is 5.10. The summed E-state index contributed by atoms with van der Waals surface area (Å²) in [5.41, 5.74) is 0.145. The smallest absolute Gasteiger partial charge is 0.243 e. The van der Waals surface area contributed by atoms with Crippen molar-refractivity contribution in [2.45, 2.75) is 25.2 Å². The molecular formula is C24H24BrFN4O6S. The standard InChI is InChI=1S/C24H24BrFN4O6S/c1-13-8-11-20(36-13)23-27-28-24(30(23)21-18(34-3)6-5-7-19(21)35-4)29-37(32,33)14(2)22(31)16-10-9-15(25)12-17(16)26/h5-12,14,22,31H,1-4H3,(H,28,29)/t14-,22+/m1/s1. The van der Waals surface area contributed by atoms with E-state index in [-0.39, 0.29) is 17.3 Å². The van der Waals surface area contributed by atoms with Crippen LogP contribution in [0.4, 0.5) is 10.3 Å². The van der Waals surface area contributed by atoms with Gasteiger partial charge in [0.15, 0.2) is 5.76 Å². The summed E-state index contributed by atoms with van der Waals surface area (Å²) in [6, 6.07) is 12.4. The van der Waals surface area contributed by atoms with E-state index in [1.807, 2.05) is 0 Å². The van der Waals surface area contributed by atoms with E-state index in [9.17, 15) is 17.9 Å². The molecule has 196 valence electrons. The molecule has 0 radical (unpaired) electrons. The molecule has 0 fully saturated rings. The van der Waals surface area contributed by atoms with E-state index in [0.717, 1.165) is 6.07 Å². The summed E-state index contributed by atoms with van der Waals surface area (Å²) in [4.78, 5) is 0. The summed E-state index contributed by atoms with van der Waals surface area (Å²) in [7, 11) is -1.43. The van der Waals surface area contributed by atoms with Gasteiger partial charge in [-0.2, -0.15) is 0 Å². The highest BCUT2D eigenvalue weighted by Gasteiger charge is 2.34. The van der Waals surface area contributed by atoms with Crippen molar-refractivity contribution in [1.82, 2.24) is 14.8 Å². The number of hydrogen-bond donors (Lipinski definition) is 2. The van der Waals surface area contributed by atoms with Crippen LogP contribution in [0.2, 0.25) is 0 Å². The number of nitrogens with zero attached hydrogens (tertiary/aromatic N) is 3. The Morgan fingerprint density at radius 1 is 1.11 bits per heavy atom. The number of aliphatic hydroxyl groups excluding tert-OH is 1. The third-order valence-corrected chi connectivity index (χ3v) is 7.90. The number of benzene rings is 2. The Hall–Kier alpha value is -3.42. The highest BCUT2D eigenvalue weighted by molar-refractivity contribution is 9.10. The quantitative estimate of drug-likeness (QED) is 0.287. The van der Waals surface area contributed by atoms with E-state index in [1.54, 1.807) is 37.3 Å². The van der Waals surface area contributed by atoms with Crippen molar-refractivity contribution in [1.29, 1.82) is 0 Å². The van der Waals surface area contributed by atoms with Gasteiger partial charge < -0.3 is 19.0 Å². The Morgan fingerprint density at radius 3 is 2.35 bits per heavy atom. The van der Waals surface area contributed by atoms with Gasteiger partial charge in [0.2, 0.25) is 21.8 Å². The second kappa shape index (κ2) is 10.5. The molecular weight excluding hydrogens is 571 g/mol. The summed E-state index contributed by atoms with van der Waals surface area (Å²) in [6.45, 7) is 3.01. The largest absolute Gasteiger partial charge is 0.494 e. The van der Waals surface area contributed by atoms with Crippen LogP contribution >= 0.6 is 15.9 Å². The van der Waals surface area contributed by atoms with Gasteiger partial charge in [0.1, 0.15) is 40.1 Å². The predicted octanol–water partition coefficient (Wildman–Crippen LogP) is 4.62. The molecule has 2 aromatic heterocycles. The number of nitrogens with one attached hydrogen (secondary N) is 1. The van der Waals surface area contributed by atoms with Crippen molar-refractivity contribution >= 4 is 31.9 Å². The predicted molar refractivity (Wildman–Crippen MR) is 138 cm³/mol. The second-order valence-electron chi connectivity index (χ2n) is 8.07. The number of aromatic nitrogens is 3. The van der Waals surface area contributed by atoms with Gasteiger partial charge in [-0.15, -0.1) is 10.2 Å². The highest BCUT2D eigenvalue weighted by atomic mass is 79.9. The Labute approximate surface area is 221 Å². The SMILES string of the molecule is COc1cccc(OC)c1-n1c(NS(=O)(=O)[C@H](C)[C@H](O)c2ccc(Br)cc2F)nnc1-c1ccc(C)o1. The summed E-state index contributed by atoms with van der Waals surface area (Å²) < 4.78 is 62.1. The topological polar surface area (TPSA) is 129 Å². The molecule has 0 aliphatic heterocycles. The number of anilines is 1. The fourth-order valence-electron chi connectivity index (χ4n) is 3.71. The zero-order chi connectivity index (χ0) is 26.9. The van der Waals surface area contributed by atoms with Crippen molar-refractivity contribution in [3.8, 4) is 28.8 Å². The molecule has 0 saturated heterocycles. The average molecular weight is 595 g/mol. The van der Waals surface area contributed by atoms with E-state index in [4.69, 9.17) is 13.9 Å². The maximum Gasteiger partial charge on any atom is 0.243 e. The van der Waals surface area contributed by atoms with Crippen LogP contribution in [0.25, 0.3) is 17.3 Å². The number of methoxy groups -OCH3 is 2. The van der Waals surface area contributed by atoms with E-state index >= 15 is 0 Å². The first-order valence-corrected chi connectivity index (χ1v) is 13.3. The van der Waals surface area contributed by atoms with Crippen LogP contribution in [-0.4, -0.2) is 47.8 Å². The molecule has 2 heterocycles. The van der Waals surface area contributed by atoms with Crippen LogP contribution in [0, 0.1) is 12.7 Å². The van der Waals surface area contributed by atoms with Crippen molar-refractivity contribution in [2.24, 2.45) is 0 Å². The third-order valence-electron chi connectivity index (χ3n) is 5.70. The van der Waals surface area contributed by atoms with Crippen molar-refractivity contribution in [3.63, 3.8) is 0 Å². The molecule has 0 unspecified atom stereocenters. The first-order valence-electron chi connectivity index (χ1n) is 11.0. The molecule has 4 rings (SSSR count). The molecule has 10 nitrogen and oxygen atoms in total. The zero-order valence-electron chi connectivity index (χ0n) is 20.3. The number of aryl methyl sites for hydroxylation is 1. The molecule has 0 aliphatic carbocycles. The minimum absolute atomic E-state index is 0.166. The molecule has 0 aliphatic rings. The summed E-state index contributed by atoms with van der Waals surface area (Å²) in [5, 5.41) is 17.5. The average Bonchev–Trinajstić information content (AvgIpc) is 3.47. The fraction of sp³-hybridized carbons (Fsp3) is 0.250. The van der Waals surface area contributed by atoms with Gasteiger partial charge in [-0.1, -0.05) is 28.1 Å². The number of halogens is 2. The third kappa shape index (κ3) is 5.20. The zero-order valence-corrected chi connectivity index (χ0v) is 22.7. The first kappa shape index (κ1) is 26.6. The molecule has 0 bridgehead atoms. The molecule has 0 spiro atoms. The summed E-state index contributed by atoms with van der Waals surface area (Å²) in [5.74, 6) is 0.799. The Kier molecular flexibility index (Phi) is 7.57.